The average Bonchev–Trinajstić information content (AvgIpc) is 2.46. The van der Waals surface area contributed by atoms with E-state index in [4.69, 9.17) is 4.74 Å². The summed E-state index contributed by atoms with van der Waals surface area (Å²) in [5, 5.41) is 1.88. The minimum atomic E-state index is -0.264. The zero-order chi connectivity index (χ0) is 10.8. The first kappa shape index (κ1) is 11.9. The second-order valence-electron chi connectivity index (χ2n) is 3.92. The van der Waals surface area contributed by atoms with Gasteiger partial charge < -0.3 is 4.74 Å². The smallest absolute Gasteiger partial charge is 0.199 e. The van der Waals surface area contributed by atoms with Crippen LogP contribution in [-0.4, -0.2) is 18.0 Å². The largest absolute Gasteiger partial charge is 0.368 e. The molecular weight excluding hydrogens is 264 g/mol. The Balaban J connectivity index is 2.56. The quantitative estimate of drug-likeness (QED) is 0.790. The fraction of sp³-hybridized carbons (Fsp3) is 0.500. The van der Waals surface area contributed by atoms with Crippen LogP contribution in [-0.2, 0) is 4.74 Å². The van der Waals surface area contributed by atoms with E-state index in [0.29, 0.717) is 0 Å². The lowest BCUT2D eigenvalue weighted by molar-refractivity contribution is 0.00320. The molecule has 14 heavy (non-hydrogen) atoms. The maximum absolute atomic E-state index is 11.6. The van der Waals surface area contributed by atoms with E-state index in [1.165, 1.54) is 11.3 Å². The van der Waals surface area contributed by atoms with Crippen LogP contribution in [0, 0.1) is 0 Å². The van der Waals surface area contributed by atoms with Crippen LogP contribution in [0.4, 0.5) is 0 Å². The molecule has 0 saturated heterocycles. The number of ether oxygens (including phenoxy) is 1. The first-order chi connectivity index (χ1) is 6.40. The van der Waals surface area contributed by atoms with E-state index in [1.807, 2.05) is 32.2 Å². The molecule has 0 unspecified atom stereocenters. The Morgan fingerprint density at radius 2 is 2.21 bits per heavy atom. The fourth-order valence-corrected chi connectivity index (χ4v) is 2.36. The molecule has 0 aliphatic rings. The van der Waals surface area contributed by atoms with Crippen molar-refractivity contribution in [3.8, 4) is 0 Å². The molecule has 0 radical (unpaired) electrons. The van der Waals surface area contributed by atoms with Gasteiger partial charge in [-0.1, -0.05) is 0 Å². The number of rotatable bonds is 3. The van der Waals surface area contributed by atoms with Crippen molar-refractivity contribution < 1.29 is 9.53 Å². The fourth-order valence-electron chi connectivity index (χ4n) is 0.840. The highest BCUT2D eigenvalue weighted by atomic mass is 79.9. The molecule has 0 N–H and O–H groups in total. The number of halogens is 1. The molecule has 0 bridgehead atoms. The maximum atomic E-state index is 11.6. The normalized spacial score (nSPS) is 11.7. The highest BCUT2D eigenvalue weighted by Crippen LogP contribution is 2.23. The van der Waals surface area contributed by atoms with Gasteiger partial charge >= 0.3 is 0 Å². The van der Waals surface area contributed by atoms with Gasteiger partial charge in [0.05, 0.1) is 10.5 Å². The highest BCUT2D eigenvalue weighted by molar-refractivity contribution is 9.10. The van der Waals surface area contributed by atoms with Crippen molar-refractivity contribution in [1.82, 2.24) is 0 Å². The zero-order valence-corrected chi connectivity index (χ0v) is 10.9. The summed E-state index contributed by atoms with van der Waals surface area (Å²) < 4.78 is 6.26. The van der Waals surface area contributed by atoms with E-state index in [9.17, 15) is 4.79 Å². The topological polar surface area (TPSA) is 26.3 Å². The molecule has 0 aliphatic heterocycles. The molecule has 0 saturated carbocycles. The number of thiophene rings is 1. The van der Waals surface area contributed by atoms with Gasteiger partial charge in [-0.15, -0.1) is 11.3 Å². The molecule has 2 nitrogen and oxygen atoms in total. The van der Waals surface area contributed by atoms with E-state index < -0.39 is 0 Å². The zero-order valence-electron chi connectivity index (χ0n) is 8.46. The minimum Gasteiger partial charge on any atom is -0.368 e. The first-order valence-corrected chi connectivity index (χ1v) is 5.97. The van der Waals surface area contributed by atoms with Gasteiger partial charge in [0, 0.05) is 4.47 Å². The van der Waals surface area contributed by atoms with Crippen LogP contribution in [0.3, 0.4) is 0 Å². The van der Waals surface area contributed by atoms with Gasteiger partial charge in [0.2, 0.25) is 0 Å². The summed E-state index contributed by atoms with van der Waals surface area (Å²) in [6, 6.07) is 1.87. The number of hydrogen-bond donors (Lipinski definition) is 0. The SMILES string of the molecule is CC(C)(C)OCC(=O)c1sccc1Br. The molecule has 0 aliphatic carbocycles. The van der Waals surface area contributed by atoms with Crippen molar-refractivity contribution in [3.05, 3.63) is 20.8 Å². The molecule has 0 fully saturated rings. The number of hydrogen-bond acceptors (Lipinski definition) is 3. The van der Waals surface area contributed by atoms with E-state index in [-0.39, 0.29) is 18.0 Å². The molecule has 0 amide bonds. The van der Waals surface area contributed by atoms with Crippen molar-refractivity contribution in [2.45, 2.75) is 26.4 Å². The molecule has 1 heterocycles. The van der Waals surface area contributed by atoms with E-state index in [0.717, 1.165) is 9.35 Å². The average molecular weight is 277 g/mol. The Hall–Kier alpha value is -0.190. The maximum Gasteiger partial charge on any atom is 0.199 e. The molecular formula is C10H13BrO2S. The third-order valence-electron chi connectivity index (χ3n) is 1.51. The van der Waals surface area contributed by atoms with E-state index in [1.54, 1.807) is 0 Å². The van der Waals surface area contributed by atoms with Gasteiger partial charge in [-0.25, -0.2) is 0 Å². The molecule has 0 atom stereocenters. The molecule has 0 aromatic carbocycles. The summed E-state index contributed by atoms with van der Waals surface area (Å²) in [4.78, 5) is 12.4. The predicted octanol–water partition coefficient (Wildman–Crippen LogP) is 3.51. The third-order valence-corrected chi connectivity index (χ3v) is 3.39. The predicted molar refractivity (Wildman–Crippen MR) is 62.1 cm³/mol. The van der Waals surface area contributed by atoms with Crippen LogP contribution in [0.5, 0.6) is 0 Å². The molecule has 78 valence electrons. The number of carbonyl (C=O) groups is 1. The first-order valence-electron chi connectivity index (χ1n) is 4.30. The van der Waals surface area contributed by atoms with Gasteiger partial charge in [0.15, 0.2) is 5.78 Å². The third kappa shape index (κ3) is 3.52. The molecule has 4 heteroatoms. The van der Waals surface area contributed by atoms with Crippen molar-refractivity contribution in [2.75, 3.05) is 6.61 Å². The Kier molecular flexibility index (Phi) is 3.86. The van der Waals surface area contributed by atoms with Gasteiger partial charge in [0.1, 0.15) is 6.61 Å². The lowest BCUT2D eigenvalue weighted by Crippen LogP contribution is -2.23. The van der Waals surface area contributed by atoms with Gasteiger partial charge in [-0.2, -0.15) is 0 Å². The second-order valence-corrected chi connectivity index (χ2v) is 5.69. The summed E-state index contributed by atoms with van der Waals surface area (Å²) in [6.07, 6.45) is 0. The van der Waals surface area contributed by atoms with Gasteiger partial charge in [-0.05, 0) is 48.1 Å². The van der Waals surface area contributed by atoms with Crippen LogP contribution >= 0.6 is 27.3 Å². The Bertz CT molecular complexity index is 325. The van der Waals surface area contributed by atoms with Crippen molar-refractivity contribution in [3.63, 3.8) is 0 Å². The van der Waals surface area contributed by atoms with Crippen LogP contribution in [0.2, 0.25) is 0 Å². The van der Waals surface area contributed by atoms with Crippen LogP contribution in [0.25, 0.3) is 0 Å². The molecule has 1 rings (SSSR count). The summed E-state index contributed by atoms with van der Waals surface area (Å²) in [6.45, 7) is 5.94. The lowest BCUT2D eigenvalue weighted by atomic mass is 10.2. The Morgan fingerprint density at radius 1 is 1.57 bits per heavy atom. The van der Waals surface area contributed by atoms with Crippen LogP contribution in [0.1, 0.15) is 30.4 Å². The summed E-state index contributed by atoms with van der Waals surface area (Å²) in [7, 11) is 0. The van der Waals surface area contributed by atoms with Crippen molar-refractivity contribution in [2.24, 2.45) is 0 Å². The molecule has 1 aromatic rings. The van der Waals surface area contributed by atoms with Gasteiger partial charge in [-0.3, -0.25) is 4.79 Å². The monoisotopic (exact) mass is 276 g/mol. The number of carbonyl (C=O) groups excluding carboxylic acids is 1. The van der Waals surface area contributed by atoms with Crippen molar-refractivity contribution >= 4 is 33.0 Å². The second kappa shape index (κ2) is 4.55. The lowest BCUT2D eigenvalue weighted by Gasteiger charge is -2.18. The van der Waals surface area contributed by atoms with E-state index >= 15 is 0 Å². The standard InChI is InChI=1S/C10H13BrO2S/c1-10(2,3)13-6-8(12)9-7(11)4-5-14-9/h4-5H,6H2,1-3H3. The summed E-state index contributed by atoms with van der Waals surface area (Å²) >= 11 is 4.75. The van der Waals surface area contributed by atoms with Crippen LogP contribution in [0.15, 0.2) is 15.9 Å². The summed E-state index contributed by atoms with van der Waals surface area (Å²) in [5.74, 6) is 0.0294. The number of ketones is 1. The highest BCUT2D eigenvalue weighted by Gasteiger charge is 2.16. The summed E-state index contributed by atoms with van der Waals surface area (Å²) in [5.41, 5.74) is -0.264. The van der Waals surface area contributed by atoms with Crippen LogP contribution < -0.4 is 0 Å². The Morgan fingerprint density at radius 3 is 2.64 bits per heavy atom. The minimum absolute atomic E-state index is 0.0294. The van der Waals surface area contributed by atoms with E-state index in [2.05, 4.69) is 15.9 Å². The van der Waals surface area contributed by atoms with Gasteiger partial charge in [0.25, 0.3) is 0 Å². The number of Topliss-reactive ketones (excluding diaryl/α,β-unsaturated/α-hetero) is 1. The Labute approximate surface area is 96.4 Å². The molecule has 0 spiro atoms. The van der Waals surface area contributed by atoms with Crippen molar-refractivity contribution in [1.29, 1.82) is 0 Å². The molecule has 1 aromatic heterocycles.